The third kappa shape index (κ3) is 4.62. The third-order valence-corrected chi connectivity index (χ3v) is 6.32. The number of methoxy groups -OCH3 is 1. The second-order valence-corrected chi connectivity index (χ2v) is 8.91. The fraction of sp³-hybridized carbons (Fsp3) is 0.400. The molecule has 0 spiro atoms. The summed E-state index contributed by atoms with van der Waals surface area (Å²) in [6.07, 6.45) is 4.26. The number of hydrogen-bond acceptors (Lipinski definition) is 5. The van der Waals surface area contributed by atoms with Crippen molar-refractivity contribution in [3.8, 4) is 5.75 Å². The molecule has 1 aromatic heterocycles. The lowest BCUT2D eigenvalue weighted by Gasteiger charge is -2.13. The van der Waals surface area contributed by atoms with Crippen LogP contribution in [0.25, 0.3) is 0 Å². The Morgan fingerprint density at radius 3 is 2.71 bits per heavy atom. The number of aromatic nitrogens is 1. The molecular formula is C20H24N2O5S. The lowest BCUT2D eigenvalue weighted by molar-refractivity contribution is 0.0696. The highest BCUT2D eigenvalue weighted by molar-refractivity contribution is 7.92. The third-order valence-electron chi connectivity index (χ3n) is 5.05. The van der Waals surface area contributed by atoms with Gasteiger partial charge in [0.05, 0.1) is 18.4 Å². The minimum absolute atomic E-state index is 0.00529. The molecule has 1 heterocycles. The summed E-state index contributed by atoms with van der Waals surface area (Å²) in [6.45, 7) is 2.24. The van der Waals surface area contributed by atoms with E-state index in [4.69, 9.17) is 9.84 Å². The molecule has 0 bridgehead atoms. The van der Waals surface area contributed by atoms with Gasteiger partial charge in [-0.3, -0.25) is 4.72 Å². The molecule has 1 aliphatic rings. The van der Waals surface area contributed by atoms with Gasteiger partial charge in [0.1, 0.15) is 5.75 Å². The second kappa shape index (κ2) is 8.18. The molecule has 2 aromatic rings. The van der Waals surface area contributed by atoms with Crippen LogP contribution in [0.5, 0.6) is 5.75 Å². The summed E-state index contributed by atoms with van der Waals surface area (Å²) in [5.41, 5.74) is 0.921. The smallest absolute Gasteiger partial charge is 0.335 e. The Hall–Kier alpha value is -2.61. The molecule has 8 heteroatoms. The Labute approximate surface area is 164 Å². The van der Waals surface area contributed by atoms with Gasteiger partial charge in [-0.05, 0) is 61.4 Å². The van der Waals surface area contributed by atoms with Crippen LogP contribution in [-0.4, -0.2) is 31.6 Å². The first-order chi connectivity index (χ1) is 13.3. The van der Waals surface area contributed by atoms with Crippen molar-refractivity contribution in [1.29, 1.82) is 0 Å². The predicted molar refractivity (Wildman–Crippen MR) is 105 cm³/mol. The zero-order valence-corrected chi connectivity index (χ0v) is 16.7. The lowest BCUT2D eigenvalue weighted by atomic mass is 10.0. The van der Waals surface area contributed by atoms with Gasteiger partial charge in [-0.2, -0.15) is 8.42 Å². The number of hydrogen-bond donors (Lipinski definition) is 2. The van der Waals surface area contributed by atoms with E-state index in [1.54, 1.807) is 6.07 Å². The van der Waals surface area contributed by atoms with Crippen molar-refractivity contribution >= 4 is 21.7 Å². The summed E-state index contributed by atoms with van der Waals surface area (Å²) in [6, 6.07) is 8.94. The van der Waals surface area contributed by atoms with Gasteiger partial charge in [0.25, 0.3) is 10.0 Å². The largest absolute Gasteiger partial charge is 0.495 e. The standard InChI is InChI=1S/C20H24N2O5S/c1-13-6-7-14(10-13)11-16-4-3-5-19(21-16)28(25,26)22-17-9-8-15(20(23)24)12-18(17)27-2/h3-5,8-9,12-14,22H,6-7,10-11H2,1-2H3,(H,23,24). The van der Waals surface area contributed by atoms with Gasteiger partial charge >= 0.3 is 5.97 Å². The van der Waals surface area contributed by atoms with Crippen LogP contribution in [0.2, 0.25) is 0 Å². The van der Waals surface area contributed by atoms with E-state index in [1.165, 1.54) is 37.8 Å². The lowest BCUT2D eigenvalue weighted by Crippen LogP contribution is -2.16. The normalized spacial score (nSPS) is 19.4. The van der Waals surface area contributed by atoms with Crippen molar-refractivity contribution in [3.05, 3.63) is 47.7 Å². The summed E-state index contributed by atoms with van der Waals surface area (Å²) in [7, 11) is -2.59. The number of carbonyl (C=O) groups is 1. The minimum Gasteiger partial charge on any atom is -0.495 e. The maximum absolute atomic E-state index is 12.8. The zero-order chi connectivity index (χ0) is 20.3. The van der Waals surface area contributed by atoms with Crippen LogP contribution < -0.4 is 9.46 Å². The van der Waals surface area contributed by atoms with Crippen LogP contribution in [0, 0.1) is 11.8 Å². The number of rotatable bonds is 7. The quantitative estimate of drug-likeness (QED) is 0.731. The number of carboxylic acid groups (broad SMARTS) is 1. The molecular weight excluding hydrogens is 380 g/mol. The van der Waals surface area contributed by atoms with Crippen molar-refractivity contribution in [2.45, 2.75) is 37.6 Å². The monoisotopic (exact) mass is 404 g/mol. The van der Waals surface area contributed by atoms with Crippen molar-refractivity contribution < 1.29 is 23.1 Å². The fourth-order valence-electron chi connectivity index (χ4n) is 3.63. The molecule has 7 nitrogen and oxygen atoms in total. The highest BCUT2D eigenvalue weighted by atomic mass is 32.2. The van der Waals surface area contributed by atoms with Gasteiger partial charge in [0, 0.05) is 5.69 Å². The van der Waals surface area contributed by atoms with E-state index in [0.717, 1.165) is 25.0 Å². The number of aromatic carboxylic acids is 1. The first-order valence-corrected chi connectivity index (χ1v) is 10.7. The van der Waals surface area contributed by atoms with Crippen molar-refractivity contribution in [2.24, 2.45) is 11.8 Å². The Morgan fingerprint density at radius 1 is 1.29 bits per heavy atom. The summed E-state index contributed by atoms with van der Waals surface area (Å²) in [4.78, 5) is 15.4. The van der Waals surface area contributed by atoms with Crippen LogP contribution >= 0.6 is 0 Å². The van der Waals surface area contributed by atoms with Gasteiger partial charge in [0.2, 0.25) is 0 Å². The number of ether oxygens (including phenoxy) is 1. The van der Waals surface area contributed by atoms with E-state index in [0.29, 0.717) is 11.8 Å². The zero-order valence-electron chi connectivity index (χ0n) is 15.9. The van der Waals surface area contributed by atoms with E-state index < -0.39 is 16.0 Å². The van der Waals surface area contributed by atoms with E-state index >= 15 is 0 Å². The summed E-state index contributed by atoms with van der Waals surface area (Å²) >= 11 is 0. The van der Waals surface area contributed by atoms with Gasteiger partial charge in [-0.15, -0.1) is 0 Å². The minimum atomic E-state index is -3.93. The van der Waals surface area contributed by atoms with E-state index in [-0.39, 0.29) is 22.0 Å². The molecule has 0 aliphatic heterocycles. The van der Waals surface area contributed by atoms with E-state index in [1.807, 2.05) is 6.07 Å². The number of pyridine rings is 1. The highest BCUT2D eigenvalue weighted by Crippen LogP contribution is 2.32. The number of nitrogens with one attached hydrogen (secondary N) is 1. The molecule has 0 saturated heterocycles. The number of nitrogens with zero attached hydrogens (tertiary/aromatic N) is 1. The average molecular weight is 404 g/mol. The summed E-state index contributed by atoms with van der Waals surface area (Å²) < 4.78 is 33.1. The molecule has 1 aromatic carbocycles. The number of sulfonamides is 1. The van der Waals surface area contributed by atoms with Crippen molar-refractivity contribution in [1.82, 2.24) is 4.98 Å². The fourth-order valence-corrected chi connectivity index (χ4v) is 4.69. The van der Waals surface area contributed by atoms with E-state index in [9.17, 15) is 13.2 Å². The summed E-state index contributed by atoms with van der Waals surface area (Å²) in [5.74, 6) is 0.250. The number of benzene rings is 1. The van der Waals surface area contributed by atoms with Gasteiger partial charge < -0.3 is 9.84 Å². The molecule has 1 aliphatic carbocycles. The Bertz CT molecular complexity index is 974. The average Bonchev–Trinajstić information content (AvgIpc) is 3.06. The molecule has 28 heavy (non-hydrogen) atoms. The number of carboxylic acids is 1. The molecule has 2 atom stereocenters. The molecule has 0 amide bonds. The first kappa shape index (κ1) is 20.1. The Kier molecular flexibility index (Phi) is 5.88. The van der Waals surface area contributed by atoms with Crippen LogP contribution in [0.15, 0.2) is 41.4 Å². The molecule has 2 N–H and O–H groups in total. The highest BCUT2D eigenvalue weighted by Gasteiger charge is 2.23. The van der Waals surface area contributed by atoms with E-state index in [2.05, 4.69) is 16.6 Å². The van der Waals surface area contributed by atoms with Crippen LogP contribution in [0.3, 0.4) is 0 Å². The van der Waals surface area contributed by atoms with Gasteiger partial charge in [0.15, 0.2) is 5.03 Å². The topological polar surface area (TPSA) is 106 Å². The summed E-state index contributed by atoms with van der Waals surface area (Å²) in [5, 5.41) is 9.00. The second-order valence-electron chi connectivity index (χ2n) is 7.28. The maximum atomic E-state index is 12.8. The molecule has 0 radical (unpaired) electrons. The SMILES string of the molecule is COc1cc(C(=O)O)ccc1NS(=O)(=O)c1cccc(CC2CCC(C)C2)n1. The molecule has 150 valence electrons. The van der Waals surface area contributed by atoms with Crippen LogP contribution in [-0.2, 0) is 16.4 Å². The Balaban J connectivity index is 1.81. The van der Waals surface area contributed by atoms with Crippen molar-refractivity contribution in [3.63, 3.8) is 0 Å². The van der Waals surface area contributed by atoms with Crippen LogP contribution in [0.4, 0.5) is 5.69 Å². The Morgan fingerprint density at radius 2 is 2.07 bits per heavy atom. The molecule has 1 saturated carbocycles. The van der Waals surface area contributed by atoms with Gasteiger partial charge in [-0.1, -0.05) is 19.4 Å². The number of anilines is 1. The molecule has 3 rings (SSSR count). The van der Waals surface area contributed by atoms with Gasteiger partial charge in [-0.25, -0.2) is 9.78 Å². The molecule has 2 unspecified atom stereocenters. The predicted octanol–water partition coefficient (Wildman–Crippen LogP) is 3.57. The first-order valence-electron chi connectivity index (χ1n) is 9.18. The maximum Gasteiger partial charge on any atom is 0.335 e. The van der Waals surface area contributed by atoms with Crippen LogP contribution in [0.1, 0.15) is 42.2 Å². The molecule has 1 fully saturated rings. The van der Waals surface area contributed by atoms with Crippen molar-refractivity contribution in [2.75, 3.05) is 11.8 Å².